The number of amides is 1. The van der Waals surface area contributed by atoms with Gasteiger partial charge >= 0.3 is 6.18 Å². The molecule has 0 spiro atoms. The van der Waals surface area contributed by atoms with E-state index < -0.39 is 30.0 Å². The average Bonchev–Trinajstić information content (AvgIpc) is 3.25. The number of pyridine rings is 1. The number of methoxy groups -OCH3 is 1. The van der Waals surface area contributed by atoms with Gasteiger partial charge in [0.05, 0.1) is 24.6 Å². The van der Waals surface area contributed by atoms with Gasteiger partial charge in [0.25, 0.3) is 0 Å². The fourth-order valence-corrected chi connectivity index (χ4v) is 2.73. The van der Waals surface area contributed by atoms with Crippen LogP contribution in [0.4, 0.5) is 17.6 Å². The summed E-state index contributed by atoms with van der Waals surface area (Å²) in [6, 6.07) is 1.17. The van der Waals surface area contributed by atoms with Gasteiger partial charge in [0.15, 0.2) is 0 Å². The lowest BCUT2D eigenvalue weighted by atomic mass is 10.2. The van der Waals surface area contributed by atoms with Crippen LogP contribution in [0.2, 0.25) is 0 Å². The summed E-state index contributed by atoms with van der Waals surface area (Å²) in [5.74, 6) is -0.294. The van der Waals surface area contributed by atoms with Gasteiger partial charge in [0, 0.05) is 12.7 Å². The van der Waals surface area contributed by atoms with Crippen molar-refractivity contribution in [2.75, 3.05) is 13.7 Å². The van der Waals surface area contributed by atoms with Crippen LogP contribution in [0.15, 0.2) is 24.5 Å². The fraction of sp³-hybridized carbons (Fsp3) is 0.438. The molecule has 1 saturated heterocycles. The largest absolute Gasteiger partial charge is 0.480 e. The smallest absolute Gasteiger partial charge is 0.433 e. The third-order valence-electron chi connectivity index (χ3n) is 4.13. The number of carbonyl (C=O) groups excluding carboxylic acids is 1. The topological polar surface area (TPSA) is 81.1 Å². The van der Waals surface area contributed by atoms with Crippen molar-refractivity contribution in [3.63, 3.8) is 0 Å². The Hall–Kier alpha value is -2.69. The lowest BCUT2D eigenvalue weighted by Gasteiger charge is -2.13. The molecular weight excluding hydrogens is 370 g/mol. The van der Waals surface area contributed by atoms with Crippen molar-refractivity contribution in [2.24, 2.45) is 0 Å². The van der Waals surface area contributed by atoms with Gasteiger partial charge in [-0.15, -0.1) is 5.10 Å². The van der Waals surface area contributed by atoms with E-state index in [9.17, 15) is 22.4 Å². The first kappa shape index (κ1) is 19.1. The van der Waals surface area contributed by atoms with Crippen molar-refractivity contribution < 1.29 is 27.1 Å². The van der Waals surface area contributed by atoms with Gasteiger partial charge in [-0.05, 0) is 25.1 Å². The number of hydrogen-bond acceptors (Lipinski definition) is 5. The highest BCUT2D eigenvalue weighted by Gasteiger charge is 2.33. The zero-order valence-corrected chi connectivity index (χ0v) is 14.3. The first-order chi connectivity index (χ1) is 12.8. The molecule has 2 aromatic heterocycles. The van der Waals surface area contributed by atoms with Gasteiger partial charge < -0.3 is 15.4 Å². The summed E-state index contributed by atoms with van der Waals surface area (Å²) < 4.78 is 57.8. The van der Waals surface area contributed by atoms with Crippen LogP contribution in [-0.4, -0.2) is 46.5 Å². The molecular formula is C16H17F4N5O2. The Labute approximate surface area is 151 Å². The van der Waals surface area contributed by atoms with E-state index in [0.717, 1.165) is 12.3 Å². The Morgan fingerprint density at radius 2 is 2.22 bits per heavy atom. The summed E-state index contributed by atoms with van der Waals surface area (Å²) in [6.45, 7) is 0.461. The lowest BCUT2D eigenvalue weighted by molar-refractivity contribution is -0.141. The SMILES string of the molecule is COc1nn(-c2ccc(C(F)(F)F)nc2)cc1CNC(=O)C1NCCC1F. The summed E-state index contributed by atoms with van der Waals surface area (Å²) in [6.07, 6.45) is -2.96. The Bertz CT molecular complexity index is 806. The number of nitrogens with one attached hydrogen (secondary N) is 2. The van der Waals surface area contributed by atoms with Gasteiger partial charge in [-0.25, -0.2) is 14.1 Å². The summed E-state index contributed by atoms with van der Waals surface area (Å²) in [5.41, 5.74) is -0.234. The van der Waals surface area contributed by atoms with Crippen molar-refractivity contribution >= 4 is 5.91 Å². The summed E-state index contributed by atoms with van der Waals surface area (Å²) in [5, 5.41) is 9.49. The molecule has 3 heterocycles. The highest BCUT2D eigenvalue weighted by molar-refractivity contribution is 5.82. The van der Waals surface area contributed by atoms with Gasteiger partial charge in [-0.1, -0.05) is 0 Å². The molecule has 1 amide bonds. The molecule has 1 aliphatic rings. The van der Waals surface area contributed by atoms with Crippen LogP contribution in [0.5, 0.6) is 5.88 Å². The van der Waals surface area contributed by atoms with Gasteiger partial charge in [-0.3, -0.25) is 4.79 Å². The molecule has 1 aliphatic heterocycles. The Morgan fingerprint density at radius 1 is 1.44 bits per heavy atom. The fourth-order valence-electron chi connectivity index (χ4n) is 2.73. The summed E-state index contributed by atoms with van der Waals surface area (Å²) >= 11 is 0. The average molecular weight is 387 g/mol. The second kappa shape index (κ2) is 7.51. The first-order valence-electron chi connectivity index (χ1n) is 8.11. The molecule has 2 unspecified atom stereocenters. The summed E-state index contributed by atoms with van der Waals surface area (Å²) in [4.78, 5) is 15.4. The number of nitrogens with zero attached hydrogens (tertiary/aromatic N) is 3. The van der Waals surface area contributed by atoms with Crippen molar-refractivity contribution in [3.8, 4) is 11.6 Å². The number of carbonyl (C=O) groups is 1. The van der Waals surface area contributed by atoms with Gasteiger partial charge in [0.1, 0.15) is 17.9 Å². The third-order valence-corrected chi connectivity index (χ3v) is 4.13. The van der Waals surface area contributed by atoms with Crippen molar-refractivity contribution in [2.45, 2.75) is 31.4 Å². The second-order valence-electron chi connectivity index (χ2n) is 5.96. The second-order valence-corrected chi connectivity index (χ2v) is 5.96. The van der Waals surface area contributed by atoms with E-state index in [0.29, 0.717) is 17.8 Å². The molecule has 2 N–H and O–H groups in total. The standard InChI is InChI=1S/C16H17F4N5O2/c1-27-15-9(6-23-14(26)13-11(17)4-5-21-13)8-25(24-15)10-2-3-12(22-7-10)16(18,19)20/h2-3,7-8,11,13,21H,4-6H2,1H3,(H,23,26). The van der Waals surface area contributed by atoms with Crippen molar-refractivity contribution in [1.82, 2.24) is 25.4 Å². The molecule has 3 rings (SSSR count). The van der Waals surface area contributed by atoms with Crippen molar-refractivity contribution in [1.29, 1.82) is 0 Å². The third kappa shape index (κ3) is 4.18. The number of alkyl halides is 4. The van der Waals surface area contributed by atoms with E-state index in [1.165, 1.54) is 24.1 Å². The Morgan fingerprint density at radius 3 is 2.78 bits per heavy atom. The quantitative estimate of drug-likeness (QED) is 0.762. The number of hydrogen-bond donors (Lipinski definition) is 2. The minimum atomic E-state index is -4.53. The minimum Gasteiger partial charge on any atom is -0.480 e. The van der Waals surface area contributed by atoms with Crippen LogP contribution < -0.4 is 15.4 Å². The lowest BCUT2D eigenvalue weighted by Crippen LogP contribution is -2.44. The predicted octanol–water partition coefficient (Wildman–Crippen LogP) is 1.61. The van der Waals surface area contributed by atoms with E-state index in [1.807, 2.05) is 0 Å². The van der Waals surface area contributed by atoms with E-state index >= 15 is 0 Å². The maximum Gasteiger partial charge on any atom is 0.433 e. The van der Waals surface area contributed by atoms with Crippen LogP contribution in [0, 0.1) is 0 Å². The van der Waals surface area contributed by atoms with E-state index in [2.05, 4.69) is 20.7 Å². The van der Waals surface area contributed by atoms with Crippen molar-refractivity contribution in [3.05, 3.63) is 35.8 Å². The zero-order chi connectivity index (χ0) is 19.6. The molecule has 27 heavy (non-hydrogen) atoms. The predicted molar refractivity (Wildman–Crippen MR) is 86.1 cm³/mol. The summed E-state index contributed by atoms with van der Waals surface area (Å²) in [7, 11) is 1.37. The van der Waals surface area contributed by atoms with E-state index in [4.69, 9.17) is 4.74 Å². The number of halogens is 4. The maximum atomic E-state index is 13.6. The molecule has 11 heteroatoms. The molecule has 2 atom stereocenters. The molecule has 1 fully saturated rings. The number of ether oxygens (including phenoxy) is 1. The monoisotopic (exact) mass is 387 g/mol. The number of rotatable bonds is 5. The van der Waals surface area contributed by atoms with E-state index in [1.54, 1.807) is 0 Å². The Kier molecular flexibility index (Phi) is 5.31. The Balaban J connectivity index is 1.72. The van der Waals surface area contributed by atoms with Crippen LogP contribution in [0.3, 0.4) is 0 Å². The highest BCUT2D eigenvalue weighted by Crippen LogP contribution is 2.28. The highest BCUT2D eigenvalue weighted by atomic mass is 19.4. The first-order valence-corrected chi connectivity index (χ1v) is 8.11. The molecule has 0 radical (unpaired) electrons. The molecule has 0 aromatic carbocycles. The van der Waals surface area contributed by atoms with Crippen LogP contribution in [0.1, 0.15) is 17.7 Å². The molecule has 146 valence electrons. The van der Waals surface area contributed by atoms with Crippen LogP contribution >= 0.6 is 0 Å². The van der Waals surface area contributed by atoms with Gasteiger partial charge in [0.2, 0.25) is 11.8 Å². The molecule has 2 aromatic rings. The molecule has 0 saturated carbocycles. The number of aromatic nitrogens is 3. The molecule has 0 aliphatic carbocycles. The maximum absolute atomic E-state index is 13.6. The zero-order valence-electron chi connectivity index (χ0n) is 14.3. The van der Waals surface area contributed by atoms with E-state index in [-0.39, 0.29) is 18.8 Å². The normalized spacial score (nSPS) is 19.9. The van der Waals surface area contributed by atoms with Crippen LogP contribution in [0.25, 0.3) is 5.69 Å². The van der Waals surface area contributed by atoms with Gasteiger partial charge in [-0.2, -0.15) is 13.2 Å². The molecule has 0 bridgehead atoms. The van der Waals surface area contributed by atoms with Crippen LogP contribution in [-0.2, 0) is 17.5 Å². The minimum absolute atomic E-state index is 0.0287. The molecule has 7 nitrogen and oxygen atoms in total.